The fourth-order valence-corrected chi connectivity index (χ4v) is 2.36. The zero-order valence-corrected chi connectivity index (χ0v) is 12.7. The van der Waals surface area contributed by atoms with E-state index in [1.807, 2.05) is 25.1 Å². The van der Waals surface area contributed by atoms with Gasteiger partial charge in [0.15, 0.2) is 5.84 Å². The number of amidine groups is 1. The number of oxime groups is 1. The lowest BCUT2D eigenvalue weighted by Gasteiger charge is -2.26. The number of nitrogens with two attached hydrogens (primary N) is 1. The molecule has 3 N–H and O–H groups in total. The number of nitrogens with zero attached hydrogens (tertiary/aromatic N) is 2. The van der Waals surface area contributed by atoms with E-state index >= 15 is 0 Å². The van der Waals surface area contributed by atoms with Gasteiger partial charge >= 0.3 is 0 Å². The van der Waals surface area contributed by atoms with Crippen molar-refractivity contribution in [3.63, 3.8) is 0 Å². The van der Waals surface area contributed by atoms with Crippen molar-refractivity contribution in [2.75, 3.05) is 11.4 Å². The molecular weight excluding hydrogens is 262 g/mol. The maximum Gasteiger partial charge on any atom is 0.172 e. The van der Waals surface area contributed by atoms with Crippen molar-refractivity contribution in [2.24, 2.45) is 10.9 Å². The number of benzene rings is 2. The first-order valence-corrected chi connectivity index (χ1v) is 6.99. The molecule has 0 aliphatic carbocycles. The van der Waals surface area contributed by atoms with Gasteiger partial charge in [-0.05, 0) is 45.0 Å². The van der Waals surface area contributed by atoms with E-state index in [0.29, 0.717) is 0 Å². The summed E-state index contributed by atoms with van der Waals surface area (Å²) in [7, 11) is 0. The van der Waals surface area contributed by atoms with Gasteiger partial charge in [0.1, 0.15) is 0 Å². The quantitative estimate of drug-likeness (QED) is 0.390. The standard InChI is InChI=1S/C17H21N3O/c1-4-20(14-8-5-12(2)6-9-14)16-10-7-13(3)11-15(16)17(18)19-21/h5-11,21H,4H2,1-3H3,(H2,18,19). The van der Waals surface area contributed by atoms with E-state index in [0.717, 1.165) is 29.0 Å². The van der Waals surface area contributed by atoms with Gasteiger partial charge in [-0.3, -0.25) is 0 Å². The smallest absolute Gasteiger partial charge is 0.172 e. The van der Waals surface area contributed by atoms with Crippen molar-refractivity contribution in [1.82, 2.24) is 0 Å². The second-order valence-corrected chi connectivity index (χ2v) is 5.09. The molecule has 0 fully saturated rings. The normalized spacial score (nSPS) is 11.5. The molecule has 0 aliphatic heterocycles. The molecule has 0 spiro atoms. The highest BCUT2D eigenvalue weighted by Crippen LogP contribution is 2.29. The fraction of sp³-hybridized carbons (Fsp3) is 0.235. The summed E-state index contributed by atoms with van der Waals surface area (Å²) in [5, 5.41) is 12.2. The molecule has 0 amide bonds. The lowest BCUT2D eigenvalue weighted by molar-refractivity contribution is 0.318. The molecule has 0 radical (unpaired) electrons. The average Bonchev–Trinajstić information content (AvgIpc) is 2.50. The minimum absolute atomic E-state index is 0.124. The summed E-state index contributed by atoms with van der Waals surface area (Å²) in [5.74, 6) is 0.124. The van der Waals surface area contributed by atoms with Gasteiger partial charge in [-0.15, -0.1) is 0 Å². The predicted octanol–water partition coefficient (Wildman–Crippen LogP) is 3.56. The molecule has 0 saturated heterocycles. The van der Waals surface area contributed by atoms with Gasteiger partial charge in [0.25, 0.3) is 0 Å². The van der Waals surface area contributed by atoms with Gasteiger partial charge in [0.05, 0.1) is 5.69 Å². The summed E-state index contributed by atoms with van der Waals surface area (Å²) in [6.07, 6.45) is 0. The Morgan fingerprint density at radius 3 is 2.29 bits per heavy atom. The van der Waals surface area contributed by atoms with Crippen molar-refractivity contribution in [3.05, 3.63) is 59.2 Å². The third kappa shape index (κ3) is 3.16. The summed E-state index contributed by atoms with van der Waals surface area (Å²) in [5.41, 5.74) is 10.9. The van der Waals surface area contributed by atoms with Crippen molar-refractivity contribution in [2.45, 2.75) is 20.8 Å². The van der Waals surface area contributed by atoms with Crippen LogP contribution in [0.1, 0.15) is 23.6 Å². The highest BCUT2D eigenvalue weighted by atomic mass is 16.4. The van der Waals surface area contributed by atoms with E-state index in [4.69, 9.17) is 10.9 Å². The van der Waals surface area contributed by atoms with Crippen molar-refractivity contribution in [1.29, 1.82) is 0 Å². The molecule has 0 saturated carbocycles. The van der Waals surface area contributed by atoms with Gasteiger partial charge in [0.2, 0.25) is 0 Å². The molecule has 2 aromatic rings. The molecule has 0 atom stereocenters. The number of aryl methyl sites for hydroxylation is 2. The fourth-order valence-electron chi connectivity index (χ4n) is 2.36. The maximum absolute atomic E-state index is 9.01. The summed E-state index contributed by atoms with van der Waals surface area (Å²) < 4.78 is 0. The van der Waals surface area contributed by atoms with Crippen LogP contribution < -0.4 is 10.6 Å². The zero-order valence-electron chi connectivity index (χ0n) is 12.7. The summed E-state index contributed by atoms with van der Waals surface area (Å²) in [4.78, 5) is 2.15. The van der Waals surface area contributed by atoms with Crippen molar-refractivity contribution >= 4 is 17.2 Å². The molecule has 0 unspecified atom stereocenters. The lowest BCUT2D eigenvalue weighted by atomic mass is 10.1. The van der Waals surface area contributed by atoms with Crippen LogP contribution >= 0.6 is 0 Å². The minimum atomic E-state index is 0.124. The van der Waals surface area contributed by atoms with E-state index in [2.05, 4.69) is 48.2 Å². The third-order valence-electron chi connectivity index (χ3n) is 3.49. The first-order valence-electron chi connectivity index (χ1n) is 6.99. The maximum atomic E-state index is 9.01. The van der Waals surface area contributed by atoms with Crippen LogP contribution in [0, 0.1) is 13.8 Å². The Morgan fingerprint density at radius 2 is 1.71 bits per heavy atom. The van der Waals surface area contributed by atoms with Crippen LogP contribution in [0.15, 0.2) is 47.6 Å². The first kappa shape index (κ1) is 14.9. The topological polar surface area (TPSA) is 61.8 Å². The van der Waals surface area contributed by atoms with Gasteiger partial charge in [0, 0.05) is 17.8 Å². The Hall–Kier alpha value is -2.49. The van der Waals surface area contributed by atoms with Crippen LogP contribution in [-0.2, 0) is 0 Å². The molecule has 0 aromatic heterocycles. The molecule has 2 aromatic carbocycles. The van der Waals surface area contributed by atoms with E-state index in [-0.39, 0.29) is 5.84 Å². The summed E-state index contributed by atoms with van der Waals surface area (Å²) >= 11 is 0. The number of hydrogen-bond donors (Lipinski definition) is 2. The Kier molecular flexibility index (Phi) is 4.48. The van der Waals surface area contributed by atoms with E-state index in [9.17, 15) is 0 Å². The highest BCUT2D eigenvalue weighted by Gasteiger charge is 2.14. The molecule has 0 bridgehead atoms. The molecule has 21 heavy (non-hydrogen) atoms. The molecular formula is C17H21N3O. The number of hydrogen-bond acceptors (Lipinski definition) is 3. The Balaban J connectivity index is 2.54. The Morgan fingerprint density at radius 1 is 1.10 bits per heavy atom. The number of rotatable bonds is 4. The van der Waals surface area contributed by atoms with Crippen LogP contribution in [0.5, 0.6) is 0 Å². The average molecular weight is 283 g/mol. The van der Waals surface area contributed by atoms with Crippen LogP contribution in [0.25, 0.3) is 0 Å². The van der Waals surface area contributed by atoms with Gasteiger partial charge < -0.3 is 15.8 Å². The monoisotopic (exact) mass is 283 g/mol. The minimum Gasteiger partial charge on any atom is -0.409 e. The Bertz CT molecular complexity index is 648. The van der Waals surface area contributed by atoms with Crippen molar-refractivity contribution < 1.29 is 5.21 Å². The number of anilines is 2. The molecule has 0 heterocycles. The molecule has 4 heteroatoms. The molecule has 0 aliphatic rings. The van der Waals surface area contributed by atoms with E-state index in [1.54, 1.807) is 0 Å². The van der Waals surface area contributed by atoms with Crippen LogP contribution in [0.4, 0.5) is 11.4 Å². The van der Waals surface area contributed by atoms with Crippen LogP contribution in [-0.4, -0.2) is 17.6 Å². The second-order valence-electron chi connectivity index (χ2n) is 5.09. The largest absolute Gasteiger partial charge is 0.409 e. The van der Waals surface area contributed by atoms with Crippen molar-refractivity contribution in [3.8, 4) is 0 Å². The Labute approximate surface area is 125 Å². The second kappa shape index (κ2) is 6.31. The van der Waals surface area contributed by atoms with Crippen LogP contribution in [0.3, 0.4) is 0 Å². The summed E-state index contributed by atoms with van der Waals surface area (Å²) in [6, 6.07) is 14.3. The van der Waals surface area contributed by atoms with Gasteiger partial charge in [-0.25, -0.2) is 0 Å². The first-order chi connectivity index (χ1) is 10.1. The van der Waals surface area contributed by atoms with Crippen LogP contribution in [0.2, 0.25) is 0 Å². The molecule has 110 valence electrons. The third-order valence-corrected chi connectivity index (χ3v) is 3.49. The lowest BCUT2D eigenvalue weighted by Crippen LogP contribution is -2.22. The van der Waals surface area contributed by atoms with Gasteiger partial charge in [-0.2, -0.15) is 0 Å². The predicted molar refractivity (Wildman–Crippen MR) is 87.5 cm³/mol. The highest BCUT2D eigenvalue weighted by molar-refractivity contribution is 6.03. The van der Waals surface area contributed by atoms with E-state index in [1.165, 1.54) is 5.56 Å². The summed E-state index contributed by atoms with van der Waals surface area (Å²) in [6.45, 7) is 6.92. The molecule has 2 rings (SSSR count). The SMILES string of the molecule is CCN(c1ccc(C)cc1)c1ccc(C)cc1/C(N)=N/O. The zero-order chi connectivity index (χ0) is 15.4. The molecule has 4 nitrogen and oxygen atoms in total. The van der Waals surface area contributed by atoms with E-state index < -0.39 is 0 Å². The van der Waals surface area contributed by atoms with Gasteiger partial charge in [-0.1, -0.05) is 34.5 Å².